The molecule has 0 saturated heterocycles. The molecule has 0 spiro atoms. The molecule has 1 heterocycles. The van der Waals surface area contributed by atoms with Crippen LogP contribution in [0.15, 0.2) is 28.7 Å². The summed E-state index contributed by atoms with van der Waals surface area (Å²) in [6.45, 7) is 0.617. The second-order valence-electron chi connectivity index (χ2n) is 3.95. The smallest absolute Gasteiger partial charge is 0.246 e. The van der Waals surface area contributed by atoms with E-state index in [4.69, 9.17) is 5.73 Å². The molecule has 5 nitrogen and oxygen atoms in total. The third-order valence-corrected chi connectivity index (χ3v) is 2.80. The Bertz CT molecular complexity index is 520. The number of hydrogen-bond acceptors (Lipinski definition) is 4. The van der Waals surface area contributed by atoms with E-state index in [1.165, 1.54) is 0 Å². The van der Waals surface area contributed by atoms with Crippen molar-refractivity contribution < 1.29 is 0 Å². The molecule has 0 atom stereocenters. The molecule has 90 valence electrons. The summed E-state index contributed by atoms with van der Waals surface area (Å²) in [5, 5.41) is 4.33. The molecule has 17 heavy (non-hydrogen) atoms. The Morgan fingerprint density at radius 3 is 2.76 bits per heavy atom. The molecule has 0 saturated carbocycles. The number of anilines is 2. The van der Waals surface area contributed by atoms with E-state index in [1.807, 2.05) is 43.3 Å². The highest BCUT2D eigenvalue weighted by Crippen LogP contribution is 2.15. The van der Waals surface area contributed by atoms with Gasteiger partial charge in [0, 0.05) is 18.6 Å². The molecule has 0 aliphatic rings. The lowest BCUT2D eigenvalue weighted by Gasteiger charge is -2.05. The van der Waals surface area contributed by atoms with Gasteiger partial charge in [0.2, 0.25) is 11.9 Å². The van der Waals surface area contributed by atoms with Crippen LogP contribution in [0.2, 0.25) is 0 Å². The first-order chi connectivity index (χ1) is 8.06. The number of benzene rings is 1. The van der Waals surface area contributed by atoms with Gasteiger partial charge in [-0.15, -0.1) is 5.10 Å². The van der Waals surface area contributed by atoms with Crippen molar-refractivity contribution in [1.29, 1.82) is 0 Å². The van der Waals surface area contributed by atoms with Crippen LogP contribution in [0.3, 0.4) is 0 Å². The van der Waals surface area contributed by atoms with Gasteiger partial charge in [-0.25, -0.2) is 4.68 Å². The molecule has 0 aliphatic carbocycles. The standard InChI is InChI=1S/C11H14BrN5/c1-16(2)11-14-10(13)17(15-11)7-8-4-3-5-9(12)6-8/h3-6H,7H2,1-2H3,(H2,13,14,15). The Hall–Kier alpha value is -1.56. The van der Waals surface area contributed by atoms with Crippen molar-refractivity contribution in [3.05, 3.63) is 34.3 Å². The number of nitrogens with two attached hydrogens (primary N) is 1. The van der Waals surface area contributed by atoms with Crippen LogP contribution in [0.5, 0.6) is 0 Å². The van der Waals surface area contributed by atoms with Crippen molar-refractivity contribution in [3.63, 3.8) is 0 Å². The minimum absolute atomic E-state index is 0.425. The molecule has 0 fully saturated rings. The molecule has 2 aromatic rings. The fourth-order valence-electron chi connectivity index (χ4n) is 1.46. The zero-order chi connectivity index (χ0) is 12.4. The highest BCUT2D eigenvalue weighted by molar-refractivity contribution is 9.10. The van der Waals surface area contributed by atoms with E-state index in [2.05, 4.69) is 26.0 Å². The first-order valence-electron chi connectivity index (χ1n) is 5.18. The van der Waals surface area contributed by atoms with Crippen molar-refractivity contribution in [2.45, 2.75) is 6.54 Å². The molecule has 0 amide bonds. The van der Waals surface area contributed by atoms with Gasteiger partial charge in [0.15, 0.2) is 0 Å². The quantitative estimate of drug-likeness (QED) is 0.937. The van der Waals surface area contributed by atoms with E-state index in [-0.39, 0.29) is 0 Å². The Labute approximate surface area is 108 Å². The van der Waals surface area contributed by atoms with Gasteiger partial charge in [-0.3, -0.25) is 0 Å². The SMILES string of the molecule is CN(C)c1nc(N)n(Cc2cccc(Br)c2)n1. The topological polar surface area (TPSA) is 60.0 Å². The van der Waals surface area contributed by atoms with E-state index in [0.717, 1.165) is 10.0 Å². The van der Waals surface area contributed by atoms with Gasteiger partial charge in [0.1, 0.15) is 0 Å². The van der Waals surface area contributed by atoms with Gasteiger partial charge in [0.05, 0.1) is 6.54 Å². The number of rotatable bonds is 3. The van der Waals surface area contributed by atoms with Crippen molar-refractivity contribution >= 4 is 27.8 Å². The number of halogens is 1. The maximum absolute atomic E-state index is 5.82. The summed E-state index contributed by atoms with van der Waals surface area (Å²) in [7, 11) is 3.77. The molecular formula is C11H14BrN5. The maximum atomic E-state index is 5.82. The molecule has 1 aromatic carbocycles. The molecule has 0 aliphatic heterocycles. The fourth-order valence-corrected chi connectivity index (χ4v) is 1.90. The Balaban J connectivity index is 2.24. The van der Waals surface area contributed by atoms with Crippen LogP contribution in [-0.2, 0) is 6.54 Å². The normalized spacial score (nSPS) is 10.5. The largest absolute Gasteiger partial charge is 0.368 e. The van der Waals surface area contributed by atoms with Crippen LogP contribution >= 0.6 is 15.9 Å². The number of hydrogen-bond donors (Lipinski definition) is 1. The van der Waals surface area contributed by atoms with Crippen LogP contribution < -0.4 is 10.6 Å². The number of nitrogen functional groups attached to an aromatic ring is 1. The van der Waals surface area contributed by atoms with Crippen LogP contribution in [0.1, 0.15) is 5.56 Å². The zero-order valence-electron chi connectivity index (χ0n) is 9.76. The summed E-state index contributed by atoms with van der Waals surface area (Å²) >= 11 is 3.44. The van der Waals surface area contributed by atoms with E-state index in [9.17, 15) is 0 Å². The Morgan fingerprint density at radius 1 is 1.41 bits per heavy atom. The summed E-state index contributed by atoms with van der Waals surface area (Å²) in [5.41, 5.74) is 6.94. The van der Waals surface area contributed by atoms with Crippen LogP contribution in [0, 0.1) is 0 Å². The summed E-state index contributed by atoms with van der Waals surface area (Å²) in [6.07, 6.45) is 0. The second-order valence-corrected chi connectivity index (χ2v) is 4.87. The van der Waals surface area contributed by atoms with E-state index in [0.29, 0.717) is 18.4 Å². The van der Waals surface area contributed by atoms with E-state index in [1.54, 1.807) is 4.68 Å². The molecular weight excluding hydrogens is 282 g/mol. The minimum atomic E-state index is 0.425. The van der Waals surface area contributed by atoms with E-state index < -0.39 is 0 Å². The van der Waals surface area contributed by atoms with Crippen molar-refractivity contribution in [1.82, 2.24) is 14.8 Å². The second kappa shape index (κ2) is 4.75. The van der Waals surface area contributed by atoms with Gasteiger partial charge >= 0.3 is 0 Å². The third-order valence-electron chi connectivity index (χ3n) is 2.31. The highest BCUT2D eigenvalue weighted by atomic mass is 79.9. The van der Waals surface area contributed by atoms with Gasteiger partial charge < -0.3 is 10.6 Å². The summed E-state index contributed by atoms with van der Waals surface area (Å²) in [4.78, 5) is 6.00. The summed E-state index contributed by atoms with van der Waals surface area (Å²) in [6, 6.07) is 8.04. The third kappa shape index (κ3) is 2.76. The number of aromatic nitrogens is 3. The van der Waals surface area contributed by atoms with E-state index >= 15 is 0 Å². The zero-order valence-corrected chi connectivity index (χ0v) is 11.3. The lowest BCUT2D eigenvalue weighted by Crippen LogP contribution is -2.11. The molecule has 2 rings (SSSR count). The molecule has 0 bridgehead atoms. The van der Waals surface area contributed by atoms with Crippen LogP contribution in [-0.4, -0.2) is 28.9 Å². The average Bonchev–Trinajstić information content (AvgIpc) is 2.61. The molecule has 0 unspecified atom stereocenters. The molecule has 2 N–H and O–H groups in total. The fraction of sp³-hybridized carbons (Fsp3) is 0.273. The van der Waals surface area contributed by atoms with Gasteiger partial charge in [0.25, 0.3) is 0 Å². The number of nitrogens with zero attached hydrogens (tertiary/aromatic N) is 4. The molecule has 6 heteroatoms. The maximum Gasteiger partial charge on any atom is 0.246 e. The van der Waals surface area contributed by atoms with Crippen LogP contribution in [0.4, 0.5) is 11.9 Å². The monoisotopic (exact) mass is 295 g/mol. The van der Waals surface area contributed by atoms with Crippen molar-refractivity contribution in [3.8, 4) is 0 Å². The summed E-state index contributed by atoms with van der Waals surface area (Å²) in [5.74, 6) is 1.05. The first-order valence-corrected chi connectivity index (χ1v) is 5.97. The Morgan fingerprint density at radius 2 is 2.18 bits per heavy atom. The first kappa shape index (κ1) is 11.9. The Kier molecular flexibility index (Phi) is 3.33. The highest BCUT2D eigenvalue weighted by Gasteiger charge is 2.08. The lowest BCUT2D eigenvalue weighted by molar-refractivity contribution is 0.693. The lowest BCUT2D eigenvalue weighted by atomic mass is 10.2. The predicted octanol–water partition coefficient (Wildman–Crippen LogP) is 1.74. The summed E-state index contributed by atoms with van der Waals surface area (Å²) < 4.78 is 2.73. The average molecular weight is 296 g/mol. The van der Waals surface area contributed by atoms with Crippen molar-refractivity contribution in [2.75, 3.05) is 24.7 Å². The van der Waals surface area contributed by atoms with Gasteiger partial charge in [-0.05, 0) is 17.7 Å². The minimum Gasteiger partial charge on any atom is -0.368 e. The predicted molar refractivity (Wildman–Crippen MR) is 72.0 cm³/mol. The van der Waals surface area contributed by atoms with Crippen LogP contribution in [0.25, 0.3) is 0 Å². The van der Waals surface area contributed by atoms with Crippen molar-refractivity contribution in [2.24, 2.45) is 0 Å². The molecule has 0 radical (unpaired) electrons. The molecule has 1 aromatic heterocycles. The van der Waals surface area contributed by atoms with Gasteiger partial charge in [-0.2, -0.15) is 4.98 Å². The van der Waals surface area contributed by atoms with Gasteiger partial charge in [-0.1, -0.05) is 28.1 Å².